The zero-order valence-corrected chi connectivity index (χ0v) is 13.1. The molecule has 0 aromatic carbocycles. The quantitative estimate of drug-likeness (QED) is 0.699. The summed E-state index contributed by atoms with van der Waals surface area (Å²) in [7, 11) is -0.695. The van der Waals surface area contributed by atoms with E-state index >= 15 is 0 Å². The molecule has 0 saturated heterocycles. The van der Waals surface area contributed by atoms with Crippen LogP contribution in [-0.4, -0.2) is 57.7 Å². The van der Waals surface area contributed by atoms with E-state index in [1.807, 2.05) is 6.07 Å². The van der Waals surface area contributed by atoms with Crippen molar-refractivity contribution in [2.24, 2.45) is 0 Å². The molecule has 0 aliphatic heterocycles. The molecule has 1 aromatic rings. The van der Waals surface area contributed by atoms with Crippen molar-refractivity contribution in [3.8, 4) is 6.07 Å². The minimum Gasteiger partial charge on any atom is -0.383 e. The zero-order valence-electron chi connectivity index (χ0n) is 12.3. The molecule has 0 radical (unpaired) electrons. The number of sulfonamides is 1. The highest BCUT2D eigenvalue weighted by molar-refractivity contribution is 7.89. The predicted molar refractivity (Wildman–Crippen MR) is 76.1 cm³/mol. The van der Waals surface area contributed by atoms with Crippen molar-refractivity contribution in [1.82, 2.24) is 9.29 Å². The number of pyridine rings is 1. The Labute approximate surface area is 125 Å². The van der Waals surface area contributed by atoms with Crippen LogP contribution in [0.15, 0.2) is 23.2 Å². The van der Waals surface area contributed by atoms with E-state index in [0.717, 1.165) is 0 Å². The molecular formula is C13H19N3O4S. The van der Waals surface area contributed by atoms with E-state index in [0.29, 0.717) is 0 Å². The summed E-state index contributed by atoms with van der Waals surface area (Å²) in [4.78, 5) is 3.84. The number of rotatable bonds is 8. The highest BCUT2D eigenvalue weighted by Gasteiger charge is 2.29. The fourth-order valence-electron chi connectivity index (χ4n) is 1.82. The van der Waals surface area contributed by atoms with Gasteiger partial charge in [0.05, 0.1) is 13.2 Å². The van der Waals surface area contributed by atoms with E-state index in [-0.39, 0.29) is 36.4 Å². The van der Waals surface area contributed by atoms with Crippen molar-refractivity contribution < 1.29 is 17.9 Å². The van der Waals surface area contributed by atoms with Crippen LogP contribution in [0, 0.1) is 11.3 Å². The molecule has 21 heavy (non-hydrogen) atoms. The number of hydrogen-bond acceptors (Lipinski definition) is 6. The molecule has 0 aliphatic rings. The summed E-state index contributed by atoms with van der Waals surface area (Å²) in [6, 6.07) is 4.26. The lowest BCUT2D eigenvalue weighted by Gasteiger charge is -2.27. The largest absolute Gasteiger partial charge is 0.383 e. The third kappa shape index (κ3) is 4.47. The van der Waals surface area contributed by atoms with Crippen molar-refractivity contribution in [3.63, 3.8) is 0 Å². The molecule has 1 heterocycles. The van der Waals surface area contributed by atoms with Crippen molar-refractivity contribution >= 4 is 10.0 Å². The van der Waals surface area contributed by atoms with Gasteiger partial charge in [0.15, 0.2) is 0 Å². The topological polar surface area (TPSA) is 92.5 Å². The van der Waals surface area contributed by atoms with Crippen LogP contribution < -0.4 is 0 Å². The minimum atomic E-state index is -3.72. The van der Waals surface area contributed by atoms with Crippen LogP contribution in [0.5, 0.6) is 0 Å². The van der Waals surface area contributed by atoms with Crippen LogP contribution in [0.1, 0.15) is 12.6 Å². The number of nitrogens with zero attached hydrogens (tertiary/aromatic N) is 3. The molecule has 7 nitrogen and oxygen atoms in total. The number of hydrogen-bond donors (Lipinski definition) is 0. The number of aromatic nitrogens is 1. The maximum Gasteiger partial charge on any atom is 0.245 e. The maximum absolute atomic E-state index is 12.6. The van der Waals surface area contributed by atoms with Crippen molar-refractivity contribution in [2.45, 2.75) is 17.9 Å². The second-order valence-electron chi connectivity index (χ2n) is 4.40. The van der Waals surface area contributed by atoms with Gasteiger partial charge in [-0.05, 0) is 19.1 Å². The Bertz CT molecular complexity index is 580. The van der Waals surface area contributed by atoms with Gasteiger partial charge in [0, 0.05) is 33.0 Å². The summed E-state index contributed by atoms with van der Waals surface area (Å²) in [5, 5.41) is 8.71. The van der Waals surface area contributed by atoms with Crippen LogP contribution in [0.4, 0.5) is 0 Å². The molecule has 1 unspecified atom stereocenters. The van der Waals surface area contributed by atoms with Gasteiger partial charge in [-0.15, -0.1) is 0 Å². The molecule has 0 amide bonds. The van der Waals surface area contributed by atoms with Gasteiger partial charge < -0.3 is 9.47 Å². The summed E-state index contributed by atoms with van der Waals surface area (Å²) in [5.74, 6) is 0. The molecule has 0 bridgehead atoms. The van der Waals surface area contributed by atoms with E-state index < -0.39 is 10.0 Å². The summed E-state index contributed by atoms with van der Waals surface area (Å²) < 4.78 is 36.6. The molecule has 0 fully saturated rings. The van der Waals surface area contributed by atoms with Gasteiger partial charge in [-0.25, -0.2) is 13.4 Å². The standard InChI is InChI=1S/C13H19N3O4S/c1-11(10-20-3)16(6-7-19-2)21(17,18)13-5-4-12(8-14)15-9-13/h4-5,9,11H,6-7,10H2,1-3H3. The third-order valence-electron chi connectivity index (χ3n) is 2.87. The molecule has 0 aliphatic carbocycles. The first-order valence-electron chi connectivity index (χ1n) is 6.33. The summed E-state index contributed by atoms with van der Waals surface area (Å²) >= 11 is 0. The lowest BCUT2D eigenvalue weighted by atomic mass is 10.3. The molecule has 0 saturated carbocycles. The second-order valence-corrected chi connectivity index (χ2v) is 6.29. The van der Waals surface area contributed by atoms with Crippen LogP contribution in [0.2, 0.25) is 0 Å². The first-order chi connectivity index (χ1) is 9.97. The predicted octanol–water partition coefficient (Wildman–Crippen LogP) is 0.625. The zero-order chi connectivity index (χ0) is 15.9. The Hall–Kier alpha value is -1.53. The third-order valence-corrected chi connectivity index (χ3v) is 4.87. The van der Waals surface area contributed by atoms with Crippen LogP contribution in [0.25, 0.3) is 0 Å². The Morgan fingerprint density at radius 2 is 2.10 bits per heavy atom. The highest BCUT2D eigenvalue weighted by Crippen LogP contribution is 2.17. The van der Waals surface area contributed by atoms with Gasteiger partial charge >= 0.3 is 0 Å². The summed E-state index contributed by atoms with van der Waals surface area (Å²) in [6.45, 7) is 2.51. The van der Waals surface area contributed by atoms with Gasteiger partial charge in [-0.1, -0.05) is 0 Å². The van der Waals surface area contributed by atoms with Crippen molar-refractivity contribution in [2.75, 3.05) is 34.0 Å². The second kappa shape index (κ2) is 8.05. The van der Waals surface area contributed by atoms with Gasteiger partial charge in [0.2, 0.25) is 10.0 Å². The smallest absolute Gasteiger partial charge is 0.245 e. The first kappa shape index (κ1) is 17.5. The Balaban J connectivity index is 3.09. The molecule has 116 valence electrons. The molecular weight excluding hydrogens is 294 g/mol. The lowest BCUT2D eigenvalue weighted by Crippen LogP contribution is -2.42. The average molecular weight is 313 g/mol. The first-order valence-corrected chi connectivity index (χ1v) is 7.77. The highest BCUT2D eigenvalue weighted by atomic mass is 32.2. The fraction of sp³-hybridized carbons (Fsp3) is 0.538. The Morgan fingerprint density at radius 1 is 1.38 bits per heavy atom. The maximum atomic E-state index is 12.6. The van der Waals surface area contributed by atoms with E-state index in [4.69, 9.17) is 14.7 Å². The van der Waals surface area contributed by atoms with Crippen molar-refractivity contribution in [1.29, 1.82) is 5.26 Å². The van der Waals surface area contributed by atoms with Gasteiger partial charge in [-0.3, -0.25) is 0 Å². The molecule has 1 atom stereocenters. The average Bonchev–Trinajstić information content (AvgIpc) is 2.47. The van der Waals surface area contributed by atoms with Gasteiger partial charge in [0.1, 0.15) is 16.7 Å². The summed E-state index contributed by atoms with van der Waals surface area (Å²) in [5.41, 5.74) is 0.169. The molecule has 0 N–H and O–H groups in total. The number of nitriles is 1. The summed E-state index contributed by atoms with van der Waals surface area (Å²) in [6.07, 6.45) is 1.19. The van der Waals surface area contributed by atoms with Gasteiger partial charge in [-0.2, -0.15) is 9.57 Å². The monoisotopic (exact) mass is 313 g/mol. The van der Waals surface area contributed by atoms with E-state index in [1.165, 1.54) is 36.9 Å². The Morgan fingerprint density at radius 3 is 2.57 bits per heavy atom. The molecule has 0 spiro atoms. The van der Waals surface area contributed by atoms with E-state index in [2.05, 4.69) is 4.98 Å². The van der Waals surface area contributed by atoms with Crippen LogP contribution in [-0.2, 0) is 19.5 Å². The van der Waals surface area contributed by atoms with Gasteiger partial charge in [0.25, 0.3) is 0 Å². The number of methoxy groups -OCH3 is 2. The van der Waals surface area contributed by atoms with Crippen LogP contribution in [0.3, 0.4) is 0 Å². The molecule has 1 rings (SSSR count). The lowest BCUT2D eigenvalue weighted by molar-refractivity contribution is 0.119. The minimum absolute atomic E-state index is 0.0422. The van der Waals surface area contributed by atoms with E-state index in [9.17, 15) is 8.42 Å². The normalized spacial score (nSPS) is 13.1. The molecule has 8 heteroatoms. The fourth-order valence-corrected chi connectivity index (χ4v) is 3.36. The Kier molecular flexibility index (Phi) is 6.71. The van der Waals surface area contributed by atoms with Crippen LogP contribution >= 0.6 is 0 Å². The van der Waals surface area contributed by atoms with Crippen molar-refractivity contribution in [3.05, 3.63) is 24.0 Å². The molecule has 1 aromatic heterocycles. The SMILES string of the molecule is COCCN(C(C)COC)S(=O)(=O)c1ccc(C#N)nc1. The number of ether oxygens (including phenoxy) is 2. The van der Waals surface area contributed by atoms with E-state index in [1.54, 1.807) is 6.92 Å².